The molecule has 39 heavy (non-hydrogen) atoms. The minimum atomic E-state index is -3.67. The van der Waals surface area contributed by atoms with Crippen LogP contribution in [0.2, 0.25) is 0 Å². The molecule has 1 aromatic carbocycles. The Morgan fingerprint density at radius 1 is 1.15 bits per heavy atom. The molecule has 214 valence electrons. The van der Waals surface area contributed by atoms with Crippen LogP contribution in [0.1, 0.15) is 83.5 Å². The molecule has 1 aromatic heterocycles. The number of nitrogens with two attached hydrogens (primary N) is 2. The highest BCUT2D eigenvalue weighted by Gasteiger charge is 2.35. The molecule has 11 heteroatoms. The number of rotatable bonds is 6. The molecule has 0 atom stereocenters. The number of benzene rings is 1. The van der Waals surface area contributed by atoms with Crippen LogP contribution in [0, 0.1) is 18.3 Å². The maximum absolute atomic E-state index is 12.8. The molecule has 0 bridgehead atoms. The van der Waals surface area contributed by atoms with Gasteiger partial charge in [0.25, 0.3) is 10.1 Å². The van der Waals surface area contributed by atoms with Crippen LogP contribution in [-0.2, 0) is 32.5 Å². The average Bonchev–Trinajstić information content (AvgIpc) is 3.14. The number of ether oxygens (including phenoxy) is 1. The van der Waals surface area contributed by atoms with E-state index in [0.717, 1.165) is 66.6 Å². The number of amides is 1. The molecule has 0 radical (unpaired) electrons. The quantitative estimate of drug-likeness (QED) is 0.356. The molecule has 5 N–H and O–H groups in total. The van der Waals surface area contributed by atoms with Gasteiger partial charge in [0.05, 0.1) is 12.8 Å². The normalized spacial score (nSPS) is 20.4. The second-order valence-electron chi connectivity index (χ2n) is 11.4. The molecule has 1 amide bonds. The lowest BCUT2D eigenvalue weighted by atomic mass is 9.75. The molecule has 2 aliphatic rings. The van der Waals surface area contributed by atoms with E-state index < -0.39 is 16.0 Å². The second kappa shape index (κ2) is 12.0. The SMILES string of the molecule is CS(=O)(=O)O.Cc1cn(-c2ccc(C(N)=O)c(CC3CCC(OC(=O)CN)CC3)c2)c2c1C(=O)CC(C)(C)C2. The lowest BCUT2D eigenvalue weighted by Crippen LogP contribution is -2.28. The van der Waals surface area contributed by atoms with E-state index in [1.165, 1.54) is 0 Å². The Morgan fingerprint density at radius 3 is 2.33 bits per heavy atom. The van der Waals surface area contributed by atoms with Crippen molar-refractivity contribution in [1.82, 2.24) is 4.57 Å². The molecule has 0 aliphatic heterocycles. The number of hydrogen-bond acceptors (Lipinski definition) is 7. The van der Waals surface area contributed by atoms with E-state index >= 15 is 0 Å². The van der Waals surface area contributed by atoms with Gasteiger partial charge in [0.1, 0.15) is 6.10 Å². The number of Topliss-reactive ketones (excluding diaryl/α,β-unsaturated/α-hetero) is 1. The number of esters is 1. The van der Waals surface area contributed by atoms with Crippen LogP contribution >= 0.6 is 0 Å². The van der Waals surface area contributed by atoms with Gasteiger partial charge in [-0.3, -0.25) is 18.9 Å². The van der Waals surface area contributed by atoms with Gasteiger partial charge in [-0.2, -0.15) is 8.42 Å². The number of aryl methyl sites for hydroxylation is 1. The van der Waals surface area contributed by atoms with E-state index in [9.17, 15) is 22.8 Å². The molecule has 0 spiro atoms. The molecule has 4 rings (SSSR count). The standard InChI is InChI=1S/C27H35N3O4.CH4O3S/c1-16-15-30(22-12-27(2,3)13-23(31)25(16)22)19-6-9-21(26(29)33)18(11-19)10-17-4-7-20(8-5-17)34-24(32)14-28;1-5(2,3)4/h6,9,11,15,17,20H,4-5,7-8,10,12-14,28H2,1-3H3,(H2,29,33);1H3,(H,2,3,4). The summed E-state index contributed by atoms with van der Waals surface area (Å²) in [6.45, 7) is 6.15. The molecule has 1 saturated carbocycles. The summed E-state index contributed by atoms with van der Waals surface area (Å²) in [5.74, 6) is -0.223. The number of carbonyl (C=O) groups excluding carboxylic acids is 3. The van der Waals surface area contributed by atoms with Crippen LogP contribution in [0.4, 0.5) is 0 Å². The summed E-state index contributed by atoms with van der Waals surface area (Å²) >= 11 is 0. The summed E-state index contributed by atoms with van der Waals surface area (Å²) in [5.41, 5.74) is 16.2. The fourth-order valence-electron chi connectivity index (χ4n) is 5.65. The van der Waals surface area contributed by atoms with Gasteiger partial charge in [0.2, 0.25) is 5.91 Å². The van der Waals surface area contributed by atoms with Crippen molar-refractivity contribution in [2.45, 2.75) is 71.8 Å². The van der Waals surface area contributed by atoms with E-state index in [2.05, 4.69) is 18.4 Å². The van der Waals surface area contributed by atoms with Crippen LogP contribution < -0.4 is 11.5 Å². The van der Waals surface area contributed by atoms with Crippen LogP contribution in [0.15, 0.2) is 24.4 Å². The van der Waals surface area contributed by atoms with E-state index in [1.54, 1.807) is 6.07 Å². The highest BCUT2D eigenvalue weighted by Crippen LogP contribution is 2.38. The fourth-order valence-corrected chi connectivity index (χ4v) is 5.65. The Kier molecular flexibility index (Phi) is 9.40. The maximum Gasteiger partial charge on any atom is 0.319 e. The zero-order valence-corrected chi connectivity index (χ0v) is 23.8. The largest absolute Gasteiger partial charge is 0.461 e. The summed E-state index contributed by atoms with van der Waals surface area (Å²) < 4.78 is 33.4. The smallest absolute Gasteiger partial charge is 0.319 e. The second-order valence-corrected chi connectivity index (χ2v) is 12.9. The minimum Gasteiger partial charge on any atom is -0.461 e. The summed E-state index contributed by atoms with van der Waals surface area (Å²) in [4.78, 5) is 36.5. The van der Waals surface area contributed by atoms with Gasteiger partial charge in [-0.05, 0) is 86.1 Å². The van der Waals surface area contributed by atoms with E-state index in [4.69, 9.17) is 20.8 Å². The lowest BCUT2D eigenvalue weighted by Gasteiger charge is -2.30. The Balaban J connectivity index is 0.000000771. The first-order valence-electron chi connectivity index (χ1n) is 13.1. The molecule has 0 saturated heterocycles. The van der Waals surface area contributed by atoms with Crippen molar-refractivity contribution < 1.29 is 32.1 Å². The van der Waals surface area contributed by atoms with E-state index in [1.807, 2.05) is 25.3 Å². The first-order valence-corrected chi connectivity index (χ1v) is 14.9. The Morgan fingerprint density at radius 2 is 1.77 bits per heavy atom. The summed E-state index contributed by atoms with van der Waals surface area (Å²) in [6.07, 6.45) is 8.18. The Labute approximate surface area is 229 Å². The summed E-state index contributed by atoms with van der Waals surface area (Å²) in [5, 5.41) is 0. The van der Waals surface area contributed by atoms with Crippen LogP contribution in [0.3, 0.4) is 0 Å². The molecular weight excluding hydrogens is 522 g/mol. The zero-order valence-electron chi connectivity index (χ0n) is 23.0. The predicted octanol–water partition coefficient (Wildman–Crippen LogP) is 3.15. The van der Waals surface area contributed by atoms with E-state index in [0.29, 0.717) is 24.2 Å². The number of ketones is 1. The molecule has 1 heterocycles. The van der Waals surface area contributed by atoms with Gasteiger partial charge in [-0.25, -0.2) is 0 Å². The molecule has 1 fully saturated rings. The van der Waals surface area contributed by atoms with Gasteiger partial charge >= 0.3 is 5.97 Å². The number of nitrogens with zero attached hydrogens (tertiary/aromatic N) is 1. The lowest BCUT2D eigenvalue weighted by molar-refractivity contribution is -0.149. The first kappa shape index (κ1) is 30.5. The fraction of sp³-hybridized carbons (Fsp3) is 0.536. The molecule has 10 nitrogen and oxygen atoms in total. The van der Waals surface area contributed by atoms with Crippen LogP contribution in [0.5, 0.6) is 0 Å². The van der Waals surface area contributed by atoms with Crippen molar-refractivity contribution in [3.05, 3.63) is 52.3 Å². The van der Waals surface area contributed by atoms with Gasteiger partial charge in [0, 0.05) is 35.1 Å². The minimum absolute atomic E-state index is 0.0792. The molecule has 2 aliphatic carbocycles. The number of primary amides is 1. The maximum atomic E-state index is 12.8. The average molecular weight is 562 g/mol. The van der Waals surface area contributed by atoms with Gasteiger partial charge in [-0.15, -0.1) is 0 Å². The van der Waals surface area contributed by atoms with Crippen molar-refractivity contribution in [2.24, 2.45) is 22.8 Å². The van der Waals surface area contributed by atoms with Crippen LogP contribution in [-0.4, -0.2) is 54.1 Å². The third-order valence-corrected chi connectivity index (χ3v) is 7.26. The van der Waals surface area contributed by atoms with Crippen molar-refractivity contribution in [1.29, 1.82) is 0 Å². The van der Waals surface area contributed by atoms with Gasteiger partial charge in [0.15, 0.2) is 5.78 Å². The van der Waals surface area contributed by atoms with Crippen molar-refractivity contribution >= 4 is 27.8 Å². The van der Waals surface area contributed by atoms with Gasteiger partial charge in [-0.1, -0.05) is 13.8 Å². The third-order valence-electron chi connectivity index (χ3n) is 7.26. The van der Waals surface area contributed by atoms with Crippen molar-refractivity contribution in [2.75, 3.05) is 12.8 Å². The number of fused-ring (bicyclic) bond motifs is 1. The predicted molar refractivity (Wildman–Crippen MR) is 148 cm³/mol. The highest BCUT2D eigenvalue weighted by molar-refractivity contribution is 7.85. The number of hydrogen-bond donors (Lipinski definition) is 3. The summed E-state index contributed by atoms with van der Waals surface area (Å²) in [6, 6.07) is 5.77. The third kappa shape index (κ3) is 8.23. The van der Waals surface area contributed by atoms with Gasteiger partial charge < -0.3 is 20.8 Å². The Bertz CT molecular complexity index is 1350. The van der Waals surface area contributed by atoms with Crippen molar-refractivity contribution in [3.8, 4) is 5.69 Å². The highest BCUT2D eigenvalue weighted by atomic mass is 32.2. The first-order chi connectivity index (χ1) is 18.1. The molecular formula is C28H39N3O7S. The summed E-state index contributed by atoms with van der Waals surface area (Å²) in [7, 11) is -3.67. The molecule has 2 aromatic rings. The topological polar surface area (TPSA) is 172 Å². The molecule has 0 unspecified atom stereocenters. The number of aromatic nitrogens is 1. The van der Waals surface area contributed by atoms with Crippen molar-refractivity contribution in [3.63, 3.8) is 0 Å². The monoisotopic (exact) mass is 561 g/mol. The van der Waals surface area contributed by atoms with Crippen LogP contribution in [0.25, 0.3) is 5.69 Å². The number of carbonyl (C=O) groups is 3. The van der Waals surface area contributed by atoms with E-state index in [-0.39, 0.29) is 29.8 Å². The zero-order chi connectivity index (χ0) is 29.1. The Hall–Kier alpha value is -3.02.